The number of hydrogen-bond acceptors (Lipinski definition) is 4. The van der Waals surface area contributed by atoms with Crippen molar-refractivity contribution in [2.24, 2.45) is 0 Å². The molecule has 1 aromatic carbocycles. The van der Waals surface area contributed by atoms with Crippen LogP contribution in [0.5, 0.6) is 0 Å². The van der Waals surface area contributed by atoms with E-state index in [-0.39, 0.29) is 11.8 Å². The number of benzene rings is 1. The van der Waals surface area contributed by atoms with E-state index in [0.717, 1.165) is 12.0 Å². The quantitative estimate of drug-likeness (QED) is 0.879. The monoisotopic (exact) mass is 353 g/mol. The van der Waals surface area contributed by atoms with Crippen LogP contribution in [0.25, 0.3) is 0 Å². The summed E-state index contributed by atoms with van der Waals surface area (Å²) in [4.78, 5) is 13.9. The molecule has 8 heteroatoms. The number of sulfonamides is 1. The van der Waals surface area contributed by atoms with Gasteiger partial charge < -0.3 is 15.0 Å². The number of nitrogens with one attached hydrogen (secondary N) is 1. The van der Waals surface area contributed by atoms with Crippen LogP contribution in [-0.4, -0.2) is 57.9 Å². The normalized spacial score (nSPS) is 20.7. The molecule has 0 saturated carbocycles. The molecule has 0 radical (unpaired) electrons. The van der Waals surface area contributed by atoms with Crippen molar-refractivity contribution in [1.82, 2.24) is 4.90 Å². The van der Waals surface area contributed by atoms with E-state index in [1.807, 2.05) is 13.0 Å². The number of morpholine rings is 1. The van der Waals surface area contributed by atoms with Gasteiger partial charge in [-0.3, -0.25) is 4.31 Å². The maximum atomic E-state index is 12.2. The van der Waals surface area contributed by atoms with Gasteiger partial charge >= 0.3 is 6.03 Å². The van der Waals surface area contributed by atoms with Gasteiger partial charge in [0.25, 0.3) is 0 Å². The van der Waals surface area contributed by atoms with Crippen molar-refractivity contribution in [2.45, 2.75) is 19.8 Å². The second kappa shape index (κ2) is 6.98. The topological polar surface area (TPSA) is 79.0 Å². The average molecular weight is 353 g/mol. The number of hydrogen-bond donors (Lipinski definition) is 1. The van der Waals surface area contributed by atoms with Crippen LogP contribution in [-0.2, 0) is 14.8 Å². The minimum absolute atomic E-state index is 0.156. The van der Waals surface area contributed by atoms with Crippen molar-refractivity contribution < 1.29 is 17.9 Å². The van der Waals surface area contributed by atoms with Crippen molar-refractivity contribution in [3.63, 3.8) is 0 Å². The second-order valence-corrected chi connectivity index (χ2v) is 8.14. The van der Waals surface area contributed by atoms with E-state index in [1.165, 1.54) is 4.31 Å². The largest absolute Gasteiger partial charge is 0.378 e. The second-order valence-electron chi connectivity index (χ2n) is 6.13. The lowest BCUT2D eigenvalue weighted by molar-refractivity contribution is 0.0564. The van der Waals surface area contributed by atoms with Crippen LogP contribution in [0.2, 0.25) is 0 Å². The molecule has 3 rings (SSSR count). The first-order valence-corrected chi connectivity index (χ1v) is 9.83. The minimum Gasteiger partial charge on any atom is -0.378 e. The lowest BCUT2D eigenvalue weighted by Crippen LogP contribution is -2.43. The molecule has 7 nitrogen and oxygen atoms in total. The Bertz CT molecular complexity index is 714. The molecule has 2 saturated heterocycles. The number of carbonyl (C=O) groups is 1. The Hall–Kier alpha value is -1.80. The van der Waals surface area contributed by atoms with Crippen LogP contribution < -0.4 is 9.62 Å². The lowest BCUT2D eigenvalue weighted by atomic mass is 10.1. The molecule has 1 aromatic rings. The Labute approximate surface area is 142 Å². The van der Waals surface area contributed by atoms with Crippen molar-refractivity contribution >= 4 is 27.4 Å². The Morgan fingerprint density at radius 3 is 2.58 bits per heavy atom. The molecule has 0 atom stereocenters. The summed E-state index contributed by atoms with van der Waals surface area (Å²) in [6.07, 6.45) is 1.58. The number of nitrogens with zero attached hydrogens (tertiary/aromatic N) is 2. The highest BCUT2D eigenvalue weighted by molar-refractivity contribution is 7.92. The third-order valence-corrected chi connectivity index (χ3v) is 6.22. The first-order valence-electron chi connectivity index (χ1n) is 8.22. The number of urea groups is 1. The number of carbonyl (C=O) groups excluding carboxylic acids is 1. The van der Waals surface area contributed by atoms with Crippen LogP contribution in [0.3, 0.4) is 0 Å². The third-order valence-electron chi connectivity index (χ3n) is 4.36. The Kier molecular flexibility index (Phi) is 4.96. The van der Waals surface area contributed by atoms with Gasteiger partial charge in [0.15, 0.2) is 0 Å². The van der Waals surface area contributed by atoms with Gasteiger partial charge in [0.2, 0.25) is 10.0 Å². The van der Waals surface area contributed by atoms with E-state index in [2.05, 4.69) is 5.32 Å². The average Bonchev–Trinajstić information content (AvgIpc) is 2.56. The molecule has 0 bridgehead atoms. The molecule has 1 N–H and O–H groups in total. The van der Waals surface area contributed by atoms with E-state index in [9.17, 15) is 13.2 Å². The van der Waals surface area contributed by atoms with Crippen LogP contribution >= 0.6 is 0 Å². The predicted molar refractivity (Wildman–Crippen MR) is 93.0 cm³/mol. The molecule has 2 heterocycles. The predicted octanol–water partition coefficient (Wildman–Crippen LogP) is 1.79. The van der Waals surface area contributed by atoms with Crippen LogP contribution in [0, 0.1) is 6.92 Å². The zero-order chi connectivity index (χ0) is 17.2. The van der Waals surface area contributed by atoms with Crippen molar-refractivity contribution in [2.75, 3.05) is 48.2 Å². The van der Waals surface area contributed by atoms with Crippen LogP contribution in [0.4, 0.5) is 16.2 Å². The fourth-order valence-corrected chi connectivity index (χ4v) is 4.74. The molecule has 0 aliphatic carbocycles. The summed E-state index contributed by atoms with van der Waals surface area (Å²) in [6, 6.07) is 5.19. The molecule has 24 heavy (non-hydrogen) atoms. The molecule has 2 fully saturated rings. The highest BCUT2D eigenvalue weighted by atomic mass is 32.2. The van der Waals surface area contributed by atoms with E-state index >= 15 is 0 Å². The molecule has 2 aliphatic heterocycles. The van der Waals surface area contributed by atoms with E-state index in [1.54, 1.807) is 17.0 Å². The zero-order valence-corrected chi connectivity index (χ0v) is 14.6. The summed E-state index contributed by atoms with van der Waals surface area (Å²) in [5, 5.41) is 2.87. The van der Waals surface area contributed by atoms with Crippen LogP contribution in [0.15, 0.2) is 18.2 Å². The van der Waals surface area contributed by atoms with Gasteiger partial charge in [-0.05, 0) is 43.5 Å². The van der Waals surface area contributed by atoms with Gasteiger partial charge in [0, 0.05) is 25.3 Å². The summed E-state index contributed by atoms with van der Waals surface area (Å²) in [6.45, 7) is 4.65. The van der Waals surface area contributed by atoms with Crippen molar-refractivity contribution in [3.05, 3.63) is 23.8 Å². The van der Waals surface area contributed by atoms with Gasteiger partial charge in [-0.15, -0.1) is 0 Å². The standard InChI is InChI=1S/C16H23N3O4S/c1-13-12-14(17-16(20)18-7-9-23-10-8-18)4-5-15(13)19-6-2-3-11-24(19,21)22/h4-5,12H,2-3,6-11H2,1H3,(H,17,20). The summed E-state index contributed by atoms with van der Waals surface area (Å²) < 4.78 is 31.2. The number of rotatable bonds is 2. The molecule has 2 amide bonds. The maximum absolute atomic E-state index is 12.2. The van der Waals surface area contributed by atoms with Crippen LogP contribution in [0.1, 0.15) is 18.4 Å². The molecule has 0 unspecified atom stereocenters. The summed E-state index contributed by atoms with van der Waals surface area (Å²) >= 11 is 0. The van der Waals surface area contributed by atoms with Gasteiger partial charge in [-0.2, -0.15) is 0 Å². The molecular formula is C16H23N3O4S. The minimum atomic E-state index is -3.23. The smallest absolute Gasteiger partial charge is 0.321 e. The van der Waals surface area contributed by atoms with Gasteiger partial charge in [-0.1, -0.05) is 0 Å². The maximum Gasteiger partial charge on any atom is 0.321 e. The summed E-state index contributed by atoms with van der Waals surface area (Å²) in [5.41, 5.74) is 2.20. The summed E-state index contributed by atoms with van der Waals surface area (Å²) in [5.74, 6) is 0.196. The number of amides is 2. The Morgan fingerprint density at radius 1 is 1.17 bits per heavy atom. The molecule has 2 aliphatic rings. The van der Waals surface area contributed by atoms with E-state index in [0.29, 0.717) is 50.6 Å². The first kappa shape index (κ1) is 17.0. The highest BCUT2D eigenvalue weighted by Crippen LogP contribution is 2.29. The van der Waals surface area contributed by atoms with Gasteiger partial charge in [-0.25, -0.2) is 13.2 Å². The van der Waals surface area contributed by atoms with E-state index < -0.39 is 10.0 Å². The molecule has 0 aromatic heterocycles. The van der Waals surface area contributed by atoms with Crippen molar-refractivity contribution in [1.29, 1.82) is 0 Å². The fraction of sp³-hybridized carbons (Fsp3) is 0.562. The highest BCUT2D eigenvalue weighted by Gasteiger charge is 2.27. The van der Waals surface area contributed by atoms with E-state index in [4.69, 9.17) is 4.74 Å². The number of ether oxygens (including phenoxy) is 1. The van der Waals surface area contributed by atoms with Crippen molar-refractivity contribution in [3.8, 4) is 0 Å². The third kappa shape index (κ3) is 3.64. The van der Waals surface area contributed by atoms with Gasteiger partial charge in [0.05, 0.1) is 24.7 Å². The van der Waals surface area contributed by atoms with Gasteiger partial charge in [0.1, 0.15) is 0 Å². The summed E-state index contributed by atoms with van der Waals surface area (Å²) in [7, 11) is -3.23. The Balaban J connectivity index is 1.73. The fourth-order valence-electron chi connectivity index (χ4n) is 3.04. The zero-order valence-electron chi connectivity index (χ0n) is 13.8. The Morgan fingerprint density at radius 2 is 1.92 bits per heavy atom. The SMILES string of the molecule is Cc1cc(NC(=O)N2CCOCC2)ccc1N1CCCCS1(=O)=O. The number of aryl methyl sites for hydroxylation is 1. The molecular weight excluding hydrogens is 330 g/mol. The lowest BCUT2D eigenvalue weighted by Gasteiger charge is -2.30. The number of anilines is 2. The molecule has 0 spiro atoms. The molecule has 132 valence electrons. The first-order chi connectivity index (χ1) is 11.5.